The molecule has 5 atom stereocenters. The van der Waals surface area contributed by atoms with Crippen LogP contribution in [0.4, 0.5) is 0 Å². The van der Waals surface area contributed by atoms with E-state index in [1.165, 1.54) is 6.92 Å². The second-order valence-corrected chi connectivity index (χ2v) is 5.26. The lowest BCUT2D eigenvalue weighted by Crippen LogP contribution is -2.63. The zero-order valence-electron chi connectivity index (χ0n) is 18.5. The molecular formula is C16H23NO10. The Hall–Kier alpha value is -2.69. The van der Waals surface area contributed by atoms with Gasteiger partial charge in [0, 0.05) is 40.0 Å². The van der Waals surface area contributed by atoms with Crippen LogP contribution in [0.1, 0.15) is 40.0 Å². The number of carbonyl (C=O) groups excluding carboxylic acids is 4. The molecule has 0 aromatic heterocycles. The van der Waals surface area contributed by atoms with Crippen LogP contribution in [0.25, 0.3) is 0 Å². The Labute approximate surface area is 161 Å². The topological polar surface area (TPSA) is 148 Å². The Balaban J connectivity index is 3.37. The molecule has 1 fully saturated rings. The van der Waals surface area contributed by atoms with Crippen LogP contribution in [-0.4, -0.2) is 67.1 Å². The number of rotatable bonds is 6. The first kappa shape index (κ1) is 16.5. The first-order chi connectivity index (χ1) is 14.7. The molecule has 27 heavy (non-hydrogen) atoms. The standard InChI is InChI=1S/C16H23NO10/c1-7(17)23-16-15(26-11(5)21)14(25-10(4)20)13(24-9(3)19)12(27-16)6-22-8(2)18/h12-17H,6H2,1-5H3/t12-,13+,14+,15-,16?/m1/s1/i2D,3D,4D,5D. The monoisotopic (exact) mass is 393 g/mol. The highest BCUT2D eigenvalue weighted by molar-refractivity contribution is 5.70. The molecular weight excluding hydrogens is 366 g/mol. The van der Waals surface area contributed by atoms with Gasteiger partial charge in [0.2, 0.25) is 12.4 Å². The van der Waals surface area contributed by atoms with Gasteiger partial charge >= 0.3 is 23.9 Å². The summed E-state index contributed by atoms with van der Waals surface area (Å²) in [6.07, 6.45) is -7.80. The van der Waals surface area contributed by atoms with Crippen molar-refractivity contribution in [3.8, 4) is 0 Å². The third kappa shape index (κ3) is 7.21. The first-order valence-corrected chi connectivity index (χ1v) is 7.45. The van der Waals surface area contributed by atoms with E-state index in [0.29, 0.717) is 0 Å². The number of hydrogen-bond donors (Lipinski definition) is 1. The molecule has 1 unspecified atom stereocenters. The second-order valence-electron chi connectivity index (χ2n) is 5.26. The van der Waals surface area contributed by atoms with E-state index in [1.54, 1.807) is 0 Å². The largest absolute Gasteiger partial charge is 0.463 e. The second kappa shape index (κ2) is 9.86. The minimum atomic E-state index is -1.64. The predicted octanol–water partition coefficient (Wildman–Crippen LogP) is 0.0833. The number of nitrogens with one attached hydrogen (secondary N) is 1. The Bertz CT molecular complexity index is 679. The zero-order chi connectivity index (χ0) is 23.6. The van der Waals surface area contributed by atoms with Gasteiger partial charge in [0.1, 0.15) is 12.7 Å². The molecule has 0 aromatic rings. The summed E-state index contributed by atoms with van der Waals surface area (Å²) in [5.74, 6) is -4.60. The Morgan fingerprint density at radius 1 is 0.852 bits per heavy atom. The molecule has 11 heteroatoms. The van der Waals surface area contributed by atoms with Crippen LogP contribution >= 0.6 is 0 Å². The van der Waals surface area contributed by atoms with Crippen molar-refractivity contribution in [2.24, 2.45) is 0 Å². The maximum atomic E-state index is 11.8. The van der Waals surface area contributed by atoms with Crippen molar-refractivity contribution < 1.29 is 53.1 Å². The molecule has 1 aliphatic heterocycles. The normalized spacial score (nSPS) is 29.0. The molecule has 0 saturated carbocycles. The fraction of sp³-hybridized carbons (Fsp3) is 0.688. The van der Waals surface area contributed by atoms with Gasteiger partial charge in [-0.3, -0.25) is 24.6 Å². The number of carbonyl (C=O) groups is 4. The lowest BCUT2D eigenvalue weighted by Gasteiger charge is -2.43. The van der Waals surface area contributed by atoms with Gasteiger partial charge in [-0.2, -0.15) is 0 Å². The molecule has 0 amide bonds. The molecule has 0 radical (unpaired) electrons. The highest BCUT2D eigenvalue weighted by Crippen LogP contribution is 2.30. The molecule has 1 heterocycles. The molecule has 152 valence electrons. The Morgan fingerprint density at radius 2 is 1.37 bits per heavy atom. The third-order valence-electron chi connectivity index (χ3n) is 3.10. The zero-order valence-corrected chi connectivity index (χ0v) is 14.5. The maximum Gasteiger partial charge on any atom is 0.303 e. The summed E-state index contributed by atoms with van der Waals surface area (Å²) in [6.45, 7) is -2.59. The minimum Gasteiger partial charge on any atom is -0.463 e. The fourth-order valence-corrected chi connectivity index (χ4v) is 2.31. The van der Waals surface area contributed by atoms with Gasteiger partial charge in [-0.15, -0.1) is 0 Å². The van der Waals surface area contributed by atoms with Gasteiger partial charge in [0.05, 0.1) is 0 Å². The third-order valence-corrected chi connectivity index (χ3v) is 3.10. The molecule has 0 spiro atoms. The predicted molar refractivity (Wildman–Crippen MR) is 86.4 cm³/mol. The summed E-state index contributed by atoms with van der Waals surface area (Å²) < 4.78 is 59.2. The summed E-state index contributed by atoms with van der Waals surface area (Å²) >= 11 is 0. The number of ether oxygens (including phenoxy) is 6. The number of hydrogen-bond acceptors (Lipinski definition) is 11. The van der Waals surface area contributed by atoms with Gasteiger partial charge in [-0.05, 0) is 0 Å². The molecule has 0 bridgehead atoms. The Morgan fingerprint density at radius 3 is 1.89 bits per heavy atom. The van der Waals surface area contributed by atoms with Crippen molar-refractivity contribution >= 4 is 29.8 Å². The molecule has 0 aliphatic carbocycles. The van der Waals surface area contributed by atoms with Crippen LogP contribution in [0, 0.1) is 5.41 Å². The van der Waals surface area contributed by atoms with Gasteiger partial charge in [0.25, 0.3) is 0 Å². The molecule has 1 N–H and O–H groups in total. The van der Waals surface area contributed by atoms with Crippen molar-refractivity contribution in [1.82, 2.24) is 0 Å². The SMILES string of the molecule is [2H]CC(=O)OC[C@H]1OC(OC(C)=N)[C@H](OC(=O)C[2H])[C@@H](OC(=O)C[2H])[C@H]1OC(=O)C[2H]. The summed E-state index contributed by atoms with van der Waals surface area (Å²) in [6, 6.07) is 0. The van der Waals surface area contributed by atoms with Crippen molar-refractivity contribution in [3.05, 3.63) is 0 Å². The van der Waals surface area contributed by atoms with E-state index in [4.69, 9.17) is 39.3 Å². The van der Waals surface area contributed by atoms with Crippen LogP contribution in [0.15, 0.2) is 0 Å². The van der Waals surface area contributed by atoms with E-state index >= 15 is 0 Å². The van der Waals surface area contributed by atoms with E-state index in [-0.39, 0.29) is 0 Å². The maximum absolute atomic E-state index is 11.8. The summed E-state index contributed by atoms with van der Waals surface area (Å²) in [5, 5.41) is 7.51. The average Bonchev–Trinajstić information content (AvgIpc) is 2.74. The molecule has 1 aliphatic rings. The van der Waals surface area contributed by atoms with Gasteiger partial charge in [0.15, 0.2) is 18.1 Å². The minimum absolute atomic E-state index is 0.397. The highest BCUT2D eigenvalue weighted by atomic mass is 16.7. The summed E-state index contributed by atoms with van der Waals surface area (Å²) in [4.78, 5) is 46.7. The van der Waals surface area contributed by atoms with E-state index in [1.807, 2.05) is 0 Å². The van der Waals surface area contributed by atoms with Crippen LogP contribution in [0.3, 0.4) is 0 Å². The summed E-state index contributed by atoms with van der Waals surface area (Å²) in [7, 11) is 0. The quantitative estimate of drug-likeness (QED) is 0.285. The first-order valence-electron chi connectivity index (χ1n) is 10.3. The highest BCUT2D eigenvalue weighted by Gasteiger charge is 2.53. The lowest BCUT2D eigenvalue weighted by molar-refractivity contribution is -0.291. The average molecular weight is 393 g/mol. The summed E-state index contributed by atoms with van der Waals surface area (Å²) in [5.41, 5.74) is 0. The van der Waals surface area contributed by atoms with Gasteiger partial charge < -0.3 is 28.4 Å². The van der Waals surface area contributed by atoms with E-state index in [0.717, 1.165) is 0 Å². The molecule has 1 rings (SSSR count). The van der Waals surface area contributed by atoms with Gasteiger partial charge in [-0.1, -0.05) is 0 Å². The van der Waals surface area contributed by atoms with Crippen LogP contribution < -0.4 is 0 Å². The van der Waals surface area contributed by atoms with E-state index < -0.39 is 94.7 Å². The Kier molecular flexibility index (Phi) is 6.02. The van der Waals surface area contributed by atoms with E-state index in [2.05, 4.69) is 0 Å². The smallest absolute Gasteiger partial charge is 0.303 e. The van der Waals surface area contributed by atoms with Crippen molar-refractivity contribution in [2.75, 3.05) is 6.61 Å². The molecule has 1 saturated heterocycles. The fourth-order valence-electron chi connectivity index (χ4n) is 2.31. The van der Waals surface area contributed by atoms with Crippen molar-refractivity contribution in [3.63, 3.8) is 0 Å². The van der Waals surface area contributed by atoms with Gasteiger partial charge in [-0.25, -0.2) is 0 Å². The van der Waals surface area contributed by atoms with Crippen LogP contribution in [0.5, 0.6) is 0 Å². The van der Waals surface area contributed by atoms with Crippen molar-refractivity contribution in [2.45, 2.75) is 65.2 Å². The molecule has 0 aromatic carbocycles. The van der Waals surface area contributed by atoms with Crippen molar-refractivity contribution in [1.29, 1.82) is 5.41 Å². The van der Waals surface area contributed by atoms with Crippen LogP contribution in [0.2, 0.25) is 0 Å². The van der Waals surface area contributed by atoms with Crippen LogP contribution in [-0.2, 0) is 47.6 Å². The van der Waals surface area contributed by atoms with E-state index in [9.17, 15) is 19.2 Å². The number of esters is 4. The molecule has 11 nitrogen and oxygen atoms in total. The lowest BCUT2D eigenvalue weighted by atomic mass is 9.98.